The summed E-state index contributed by atoms with van der Waals surface area (Å²) < 4.78 is 40.8. The number of benzene rings is 3. The van der Waals surface area contributed by atoms with Gasteiger partial charge in [0.25, 0.3) is 0 Å². The number of halogens is 1. The van der Waals surface area contributed by atoms with Crippen LogP contribution < -0.4 is 5.32 Å². The van der Waals surface area contributed by atoms with Crippen LogP contribution in [0.25, 0.3) is 10.9 Å². The SMILES string of the molecule is Cc1cccc(C)c1Nc1nc(C(C)N2CCN(S(=O)(=O)c3ccc(F)cc3)CC2)nc2ccccc12. The van der Waals surface area contributed by atoms with Gasteiger partial charge in [0.05, 0.1) is 16.5 Å². The molecule has 1 unspecified atom stereocenters. The van der Waals surface area contributed by atoms with E-state index < -0.39 is 15.8 Å². The molecule has 1 aliphatic rings. The van der Waals surface area contributed by atoms with Crippen molar-refractivity contribution in [3.8, 4) is 0 Å². The third-order valence-electron chi connectivity index (χ3n) is 6.99. The molecule has 37 heavy (non-hydrogen) atoms. The van der Waals surface area contributed by atoms with Gasteiger partial charge in [0, 0.05) is 37.3 Å². The summed E-state index contributed by atoms with van der Waals surface area (Å²) >= 11 is 0. The summed E-state index contributed by atoms with van der Waals surface area (Å²) in [6.07, 6.45) is 0. The number of fused-ring (bicyclic) bond motifs is 1. The fourth-order valence-corrected chi connectivity index (χ4v) is 6.18. The van der Waals surface area contributed by atoms with Crippen molar-refractivity contribution in [1.29, 1.82) is 0 Å². The minimum absolute atomic E-state index is 0.107. The Morgan fingerprint density at radius 1 is 0.865 bits per heavy atom. The standard InChI is InChI=1S/C28H30FN5O2S/c1-19-7-6-8-20(2)26(19)31-28-24-9-4-5-10-25(24)30-27(32-28)21(3)33-15-17-34(18-16-33)37(35,36)23-13-11-22(29)12-14-23/h4-14,21H,15-18H2,1-3H3,(H,30,31,32). The molecule has 1 aromatic heterocycles. The number of nitrogens with one attached hydrogen (secondary N) is 1. The highest BCUT2D eigenvalue weighted by molar-refractivity contribution is 7.89. The highest BCUT2D eigenvalue weighted by Gasteiger charge is 2.31. The van der Waals surface area contributed by atoms with Gasteiger partial charge in [-0.25, -0.2) is 22.8 Å². The van der Waals surface area contributed by atoms with Crippen molar-refractivity contribution in [2.24, 2.45) is 0 Å². The van der Waals surface area contributed by atoms with E-state index in [0.717, 1.165) is 33.5 Å². The highest BCUT2D eigenvalue weighted by Crippen LogP contribution is 2.30. The molecule has 0 amide bonds. The first-order chi connectivity index (χ1) is 17.7. The molecule has 0 aliphatic carbocycles. The predicted octanol–water partition coefficient (Wildman–Crippen LogP) is 5.20. The van der Waals surface area contributed by atoms with Gasteiger partial charge >= 0.3 is 0 Å². The first-order valence-electron chi connectivity index (χ1n) is 12.3. The van der Waals surface area contributed by atoms with Crippen LogP contribution in [0.5, 0.6) is 0 Å². The van der Waals surface area contributed by atoms with Crippen LogP contribution >= 0.6 is 0 Å². The van der Waals surface area contributed by atoms with Gasteiger partial charge in [-0.3, -0.25) is 4.90 Å². The van der Waals surface area contributed by atoms with Gasteiger partial charge in [-0.15, -0.1) is 0 Å². The zero-order chi connectivity index (χ0) is 26.2. The van der Waals surface area contributed by atoms with E-state index in [1.54, 1.807) is 0 Å². The predicted molar refractivity (Wildman–Crippen MR) is 144 cm³/mol. The summed E-state index contributed by atoms with van der Waals surface area (Å²) in [7, 11) is -3.67. The lowest BCUT2D eigenvalue weighted by atomic mass is 10.1. The largest absolute Gasteiger partial charge is 0.339 e. The molecule has 3 aromatic carbocycles. The van der Waals surface area contributed by atoms with Crippen LogP contribution in [0.4, 0.5) is 15.9 Å². The molecule has 1 aliphatic heterocycles. The van der Waals surface area contributed by atoms with Gasteiger partial charge in [0.15, 0.2) is 0 Å². The Kier molecular flexibility index (Phi) is 6.94. The summed E-state index contributed by atoms with van der Waals surface area (Å²) in [5, 5.41) is 4.49. The van der Waals surface area contributed by atoms with E-state index in [9.17, 15) is 12.8 Å². The summed E-state index contributed by atoms with van der Waals surface area (Å²) in [6.45, 7) is 7.95. The number of sulfonamides is 1. The number of anilines is 2. The maximum Gasteiger partial charge on any atom is 0.243 e. The van der Waals surface area contributed by atoms with Crippen LogP contribution in [0, 0.1) is 19.7 Å². The average Bonchev–Trinajstić information content (AvgIpc) is 2.90. The molecule has 5 rings (SSSR count). The number of piperazine rings is 1. The van der Waals surface area contributed by atoms with Gasteiger partial charge in [0.1, 0.15) is 17.5 Å². The van der Waals surface area contributed by atoms with E-state index in [4.69, 9.17) is 9.97 Å². The summed E-state index contributed by atoms with van der Waals surface area (Å²) in [5.41, 5.74) is 4.15. The second-order valence-corrected chi connectivity index (χ2v) is 11.3. The lowest BCUT2D eigenvalue weighted by Crippen LogP contribution is -2.49. The van der Waals surface area contributed by atoms with Crippen LogP contribution in [0.2, 0.25) is 0 Å². The Balaban J connectivity index is 1.38. The van der Waals surface area contributed by atoms with E-state index in [0.29, 0.717) is 32.0 Å². The van der Waals surface area contributed by atoms with Gasteiger partial charge < -0.3 is 5.32 Å². The smallest absolute Gasteiger partial charge is 0.243 e. The van der Waals surface area contributed by atoms with Crippen molar-refractivity contribution in [3.63, 3.8) is 0 Å². The Morgan fingerprint density at radius 3 is 2.19 bits per heavy atom. The van der Waals surface area contributed by atoms with Gasteiger partial charge in [-0.05, 0) is 68.3 Å². The Labute approximate surface area is 217 Å². The number of nitrogens with zero attached hydrogens (tertiary/aromatic N) is 4. The van der Waals surface area contributed by atoms with Crippen LogP contribution in [0.3, 0.4) is 0 Å². The zero-order valence-electron chi connectivity index (χ0n) is 21.1. The fraction of sp³-hybridized carbons (Fsp3) is 0.286. The molecule has 192 valence electrons. The van der Waals surface area contributed by atoms with E-state index in [1.165, 1.54) is 28.6 Å². The summed E-state index contributed by atoms with van der Waals surface area (Å²) in [4.78, 5) is 12.1. The summed E-state index contributed by atoms with van der Waals surface area (Å²) in [5.74, 6) is 0.976. The van der Waals surface area contributed by atoms with Crippen molar-refractivity contribution in [1.82, 2.24) is 19.2 Å². The molecule has 1 fully saturated rings. The molecule has 1 saturated heterocycles. The quantitative estimate of drug-likeness (QED) is 0.377. The minimum Gasteiger partial charge on any atom is -0.339 e. The number of hydrogen-bond donors (Lipinski definition) is 1. The zero-order valence-corrected chi connectivity index (χ0v) is 22.0. The maximum absolute atomic E-state index is 13.3. The molecule has 1 atom stereocenters. The molecule has 7 nitrogen and oxygen atoms in total. The van der Waals surface area contributed by atoms with Crippen molar-refractivity contribution >= 4 is 32.4 Å². The number of aromatic nitrogens is 2. The van der Waals surface area contributed by atoms with Crippen LogP contribution in [0.1, 0.15) is 29.9 Å². The number of aryl methyl sites for hydroxylation is 2. The van der Waals surface area contributed by atoms with Crippen LogP contribution in [0.15, 0.2) is 71.6 Å². The third-order valence-corrected chi connectivity index (χ3v) is 8.90. The average molecular weight is 520 g/mol. The van der Waals surface area contributed by atoms with E-state index in [1.807, 2.05) is 30.3 Å². The van der Waals surface area contributed by atoms with Crippen LogP contribution in [-0.4, -0.2) is 53.8 Å². The Hall–Kier alpha value is -3.40. The molecule has 0 spiro atoms. The van der Waals surface area contributed by atoms with E-state index in [2.05, 4.69) is 43.1 Å². The van der Waals surface area contributed by atoms with Gasteiger partial charge in [-0.1, -0.05) is 30.3 Å². The molecule has 9 heteroatoms. The van der Waals surface area contributed by atoms with E-state index in [-0.39, 0.29) is 10.9 Å². The van der Waals surface area contributed by atoms with Crippen LogP contribution in [-0.2, 0) is 10.0 Å². The maximum atomic E-state index is 13.3. The Morgan fingerprint density at radius 2 is 1.51 bits per heavy atom. The molecule has 0 saturated carbocycles. The highest BCUT2D eigenvalue weighted by atomic mass is 32.2. The third kappa shape index (κ3) is 5.07. The van der Waals surface area contributed by atoms with Crippen molar-refractivity contribution in [2.75, 3.05) is 31.5 Å². The van der Waals surface area contributed by atoms with Gasteiger partial charge in [-0.2, -0.15) is 4.31 Å². The molecule has 0 radical (unpaired) electrons. The molecule has 4 aromatic rings. The lowest BCUT2D eigenvalue weighted by molar-refractivity contribution is 0.141. The van der Waals surface area contributed by atoms with Gasteiger partial charge in [0.2, 0.25) is 10.0 Å². The van der Waals surface area contributed by atoms with Crippen molar-refractivity contribution in [2.45, 2.75) is 31.7 Å². The summed E-state index contributed by atoms with van der Waals surface area (Å²) in [6, 6.07) is 19.0. The van der Waals surface area contributed by atoms with Crippen molar-refractivity contribution in [3.05, 3.63) is 89.5 Å². The minimum atomic E-state index is -3.67. The first-order valence-corrected chi connectivity index (χ1v) is 13.8. The molecular weight excluding hydrogens is 489 g/mol. The topological polar surface area (TPSA) is 78.4 Å². The first kappa shape index (κ1) is 25.3. The lowest BCUT2D eigenvalue weighted by Gasteiger charge is -2.36. The molecule has 0 bridgehead atoms. The number of para-hydroxylation sites is 2. The number of hydrogen-bond acceptors (Lipinski definition) is 6. The van der Waals surface area contributed by atoms with E-state index >= 15 is 0 Å². The molecule has 2 heterocycles. The normalized spacial score (nSPS) is 16.1. The number of rotatable bonds is 6. The molecular formula is C28H30FN5O2S. The van der Waals surface area contributed by atoms with Crippen molar-refractivity contribution < 1.29 is 12.8 Å². The fourth-order valence-electron chi connectivity index (χ4n) is 4.76. The Bertz CT molecular complexity index is 1510. The second-order valence-electron chi connectivity index (χ2n) is 9.41. The monoisotopic (exact) mass is 519 g/mol. The second kappa shape index (κ2) is 10.2. The molecule has 1 N–H and O–H groups in total.